The van der Waals surface area contributed by atoms with E-state index in [0.29, 0.717) is 0 Å². The molecule has 1 atom stereocenters. The lowest BCUT2D eigenvalue weighted by Gasteiger charge is -2.22. The van der Waals surface area contributed by atoms with Crippen molar-refractivity contribution in [3.63, 3.8) is 0 Å². The summed E-state index contributed by atoms with van der Waals surface area (Å²) in [5.41, 5.74) is 0. The largest absolute Gasteiger partial charge is 0.366 e. The van der Waals surface area contributed by atoms with Crippen LogP contribution in [-0.4, -0.2) is 30.8 Å². The molecule has 0 saturated carbocycles. The van der Waals surface area contributed by atoms with Gasteiger partial charge in [-0.15, -0.1) is 0 Å². The van der Waals surface area contributed by atoms with Crippen LogP contribution in [0.1, 0.15) is 33.1 Å². The molecule has 0 bridgehead atoms. The summed E-state index contributed by atoms with van der Waals surface area (Å²) in [5.74, 6) is 0. The van der Waals surface area contributed by atoms with E-state index < -0.39 is 0 Å². The summed E-state index contributed by atoms with van der Waals surface area (Å²) in [6.45, 7) is 7.23. The van der Waals surface area contributed by atoms with Crippen molar-refractivity contribution in [2.45, 2.75) is 39.2 Å². The van der Waals surface area contributed by atoms with Crippen LogP contribution < -0.4 is 0 Å². The van der Waals surface area contributed by atoms with Crippen molar-refractivity contribution < 1.29 is 4.74 Å². The van der Waals surface area contributed by atoms with E-state index in [-0.39, 0.29) is 0 Å². The van der Waals surface area contributed by atoms with Crippen molar-refractivity contribution in [3.8, 4) is 0 Å². The van der Waals surface area contributed by atoms with Gasteiger partial charge >= 0.3 is 0 Å². The third-order valence-corrected chi connectivity index (χ3v) is 2.43. The predicted octanol–water partition coefficient (Wildman–Crippen LogP) is 1.85. The Morgan fingerprint density at radius 2 is 2.27 bits per heavy atom. The molecule has 1 unspecified atom stereocenters. The summed E-state index contributed by atoms with van der Waals surface area (Å²) < 4.78 is 5.38. The number of ether oxygens (including phenoxy) is 1. The van der Waals surface area contributed by atoms with Gasteiger partial charge in [0.1, 0.15) is 0 Å². The topological polar surface area (TPSA) is 12.5 Å². The van der Waals surface area contributed by atoms with E-state index in [9.17, 15) is 0 Å². The van der Waals surface area contributed by atoms with Gasteiger partial charge < -0.3 is 4.74 Å². The Labute approximate surface area is 69.5 Å². The minimum absolute atomic E-state index is 0.793. The monoisotopic (exact) mass is 157 g/mol. The second kappa shape index (κ2) is 4.73. The molecular weight excluding hydrogens is 138 g/mol. The highest BCUT2D eigenvalue weighted by molar-refractivity contribution is 4.75. The molecular formula is C9H19NO. The van der Waals surface area contributed by atoms with E-state index >= 15 is 0 Å². The van der Waals surface area contributed by atoms with Crippen LogP contribution in [-0.2, 0) is 4.74 Å². The minimum Gasteiger partial charge on any atom is -0.366 e. The predicted molar refractivity (Wildman–Crippen MR) is 46.5 cm³/mol. The van der Waals surface area contributed by atoms with Crippen molar-refractivity contribution in [2.75, 3.05) is 19.9 Å². The number of hydrogen-bond donors (Lipinski definition) is 0. The highest BCUT2D eigenvalue weighted by atomic mass is 16.5. The Morgan fingerprint density at radius 1 is 1.45 bits per heavy atom. The fourth-order valence-corrected chi connectivity index (χ4v) is 1.74. The smallest absolute Gasteiger partial charge is 0.0992 e. The van der Waals surface area contributed by atoms with Crippen LogP contribution in [0, 0.1) is 0 Å². The third-order valence-electron chi connectivity index (χ3n) is 2.43. The van der Waals surface area contributed by atoms with Crippen LogP contribution >= 0.6 is 0 Å². The number of hydrogen-bond acceptors (Lipinski definition) is 2. The summed E-state index contributed by atoms with van der Waals surface area (Å²) in [4.78, 5) is 2.45. The molecule has 1 heterocycles. The molecule has 0 aromatic carbocycles. The normalized spacial score (nSPS) is 26.2. The van der Waals surface area contributed by atoms with E-state index in [1.165, 1.54) is 25.8 Å². The SMILES string of the molecule is CCOCN1CCCC1CC. The maximum absolute atomic E-state index is 5.38. The van der Waals surface area contributed by atoms with Crippen LogP contribution in [0.2, 0.25) is 0 Å². The Balaban J connectivity index is 2.20. The molecule has 2 nitrogen and oxygen atoms in total. The van der Waals surface area contributed by atoms with Gasteiger partial charge in [-0.05, 0) is 26.2 Å². The first-order valence-electron chi connectivity index (χ1n) is 4.70. The first-order valence-corrected chi connectivity index (χ1v) is 4.70. The highest BCUT2D eigenvalue weighted by Gasteiger charge is 2.21. The van der Waals surface area contributed by atoms with Gasteiger partial charge in [0.2, 0.25) is 0 Å². The maximum Gasteiger partial charge on any atom is 0.0992 e. The first kappa shape index (κ1) is 9.01. The Morgan fingerprint density at radius 3 is 2.91 bits per heavy atom. The molecule has 1 rings (SSSR count). The molecule has 0 spiro atoms. The molecule has 1 aliphatic heterocycles. The summed E-state index contributed by atoms with van der Waals surface area (Å²) >= 11 is 0. The van der Waals surface area contributed by atoms with Crippen LogP contribution in [0.4, 0.5) is 0 Å². The lowest BCUT2D eigenvalue weighted by Crippen LogP contribution is -2.31. The zero-order valence-corrected chi connectivity index (χ0v) is 7.68. The number of likely N-dealkylation sites (tertiary alicyclic amines) is 1. The van der Waals surface area contributed by atoms with E-state index in [1.807, 2.05) is 0 Å². The molecule has 66 valence electrons. The van der Waals surface area contributed by atoms with Gasteiger partial charge in [-0.2, -0.15) is 0 Å². The van der Waals surface area contributed by atoms with Crippen molar-refractivity contribution in [1.82, 2.24) is 4.90 Å². The van der Waals surface area contributed by atoms with E-state index in [4.69, 9.17) is 4.74 Å². The zero-order valence-electron chi connectivity index (χ0n) is 7.68. The van der Waals surface area contributed by atoms with E-state index in [0.717, 1.165) is 19.4 Å². The summed E-state index contributed by atoms with van der Waals surface area (Å²) in [6.07, 6.45) is 3.99. The zero-order chi connectivity index (χ0) is 8.10. The van der Waals surface area contributed by atoms with Crippen molar-refractivity contribution in [3.05, 3.63) is 0 Å². The molecule has 1 aliphatic rings. The van der Waals surface area contributed by atoms with E-state index in [2.05, 4.69) is 18.7 Å². The molecule has 0 aromatic heterocycles. The van der Waals surface area contributed by atoms with Gasteiger partial charge in [0.15, 0.2) is 0 Å². The maximum atomic E-state index is 5.38. The minimum atomic E-state index is 0.793. The Kier molecular flexibility index (Phi) is 3.87. The fraction of sp³-hybridized carbons (Fsp3) is 1.00. The lowest BCUT2D eigenvalue weighted by molar-refractivity contribution is 0.0276. The molecule has 0 aliphatic carbocycles. The molecule has 0 amide bonds. The average molecular weight is 157 g/mol. The molecule has 0 radical (unpaired) electrons. The van der Waals surface area contributed by atoms with Crippen molar-refractivity contribution in [1.29, 1.82) is 0 Å². The van der Waals surface area contributed by atoms with E-state index in [1.54, 1.807) is 0 Å². The molecule has 0 N–H and O–H groups in total. The fourth-order valence-electron chi connectivity index (χ4n) is 1.74. The average Bonchev–Trinajstić information content (AvgIpc) is 2.47. The second-order valence-electron chi connectivity index (χ2n) is 3.14. The quantitative estimate of drug-likeness (QED) is 0.617. The van der Waals surface area contributed by atoms with Gasteiger partial charge in [0, 0.05) is 19.2 Å². The van der Waals surface area contributed by atoms with Gasteiger partial charge in [-0.1, -0.05) is 6.92 Å². The summed E-state index contributed by atoms with van der Waals surface area (Å²) in [5, 5.41) is 0. The summed E-state index contributed by atoms with van der Waals surface area (Å²) in [7, 11) is 0. The molecule has 1 fully saturated rings. The van der Waals surface area contributed by atoms with Gasteiger partial charge in [0.05, 0.1) is 6.73 Å². The Hall–Kier alpha value is -0.0800. The van der Waals surface area contributed by atoms with Crippen LogP contribution in [0.25, 0.3) is 0 Å². The van der Waals surface area contributed by atoms with Crippen LogP contribution in [0.3, 0.4) is 0 Å². The van der Waals surface area contributed by atoms with Crippen LogP contribution in [0.15, 0.2) is 0 Å². The van der Waals surface area contributed by atoms with Gasteiger partial charge in [-0.3, -0.25) is 4.90 Å². The number of rotatable bonds is 4. The molecule has 0 aromatic rings. The standard InChI is InChI=1S/C9H19NO/c1-3-9-6-5-7-10(9)8-11-4-2/h9H,3-8H2,1-2H3. The second-order valence-corrected chi connectivity index (χ2v) is 3.14. The van der Waals surface area contributed by atoms with Crippen molar-refractivity contribution >= 4 is 0 Å². The van der Waals surface area contributed by atoms with Gasteiger partial charge in [-0.25, -0.2) is 0 Å². The third kappa shape index (κ3) is 2.46. The summed E-state index contributed by atoms with van der Waals surface area (Å²) in [6, 6.07) is 0.793. The van der Waals surface area contributed by atoms with Gasteiger partial charge in [0.25, 0.3) is 0 Å². The highest BCUT2D eigenvalue weighted by Crippen LogP contribution is 2.18. The number of nitrogens with zero attached hydrogens (tertiary/aromatic N) is 1. The molecule has 11 heavy (non-hydrogen) atoms. The lowest BCUT2D eigenvalue weighted by atomic mass is 10.2. The molecule has 2 heteroatoms. The first-order chi connectivity index (χ1) is 5.38. The van der Waals surface area contributed by atoms with Crippen LogP contribution in [0.5, 0.6) is 0 Å². The molecule has 1 saturated heterocycles. The Bertz CT molecular complexity index is 106. The van der Waals surface area contributed by atoms with Crippen molar-refractivity contribution in [2.24, 2.45) is 0 Å².